The third-order valence-electron chi connectivity index (χ3n) is 4.93. The molecular formula is C19H29N2O+. The molecule has 0 amide bonds. The van der Waals surface area contributed by atoms with Crippen LogP contribution in [0.4, 0.5) is 0 Å². The van der Waals surface area contributed by atoms with Crippen LogP contribution in [0.3, 0.4) is 0 Å². The average molecular weight is 301 g/mol. The van der Waals surface area contributed by atoms with Crippen LogP contribution in [0, 0.1) is 17.3 Å². The van der Waals surface area contributed by atoms with Crippen molar-refractivity contribution < 1.29 is 10.0 Å². The first-order valence-electron chi connectivity index (χ1n) is 8.28. The van der Waals surface area contributed by atoms with Crippen molar-refractivity contribution in [3.05, 3.63) is 30.1 Å². The molecule has 1 saturated heterocycles. The molecule has 22 heavy (non-hydrogen) atoms. The molecule has 0 bridgehead atoms. The second kappa shape index (κ2) is 6.81. The number of pyridine rings is 1. The van der Waals surface area contributed by atoms with Gasteiger partial charge in [0.2, 0.25) is 0 Å². The van der Waals surface area contributed by atoms with Crippen LogP contribution in [-0.4, -0.2) is 28.8 Å². The van der Waals surface area contributed by atoms with Gasteiger partial charge in [0.25, 0.3) is 0 Å². The van der Waals surface area contributed by atoms with Crippen molar-refractivity contribution in [3.8, 4) is 11.8 Å². The minimum Gasteiger partial charge on any atom is -0.377 e. The average Bonchev–Trinajstić information content (AvgIpc) is 2.47. The standard InChI is InChI=1S/C19H28N2O/c1-18(2,3)19(4,22)11-8-14-21-13-6-5-10-17(21)16-9-7-12-20-15-16/h7,9,12,15,17,22H,5-6,10,13-14H2,1-4H3/p+1/t17-,19-/m0/s1. The fraction of sp³-hybridized carbons (Fsp3) is 0.632. The van der Waals surface area contributed by atoms with Crippen molar-refractivity contribution in [2.24, 2.45) is 5.41 Å². The summed E-state index contributed by atoms with van der Waals surface area (Å²) in [5.74, 6) is 6.33. The van der Waals surface area contributed by atoms with E-state index in [4.69, 9.17) is 0 Å². The second-order valence-electron chi connectivity index (χ2n) is 7.54. The first-order chi connectivity index (χ1) is 10.3. The van der Waals surface area contributed by atoms with Gasteiger partial charge in [0.05, 0.1) is 6.54 Å². The van der Waals surface area contributed by atoms with Gasteiger partial charge >= 0.3 is 0 Å². The molecule has 0 aromatic carbocycles. The number of nitrogens with zero attached hydrogens (tertiary/aromatic N) is 1. The van der Waals surface area contributed by atoms with E-state index in [1.807, 2.05) is 46.2 Å². The Balaban J connectivity index is 2.08. The maximum Gasteiger partial charge on any atom is 0.139 e. The number of piperidine rings is 1. The van der Waals surface area contributed by atoms with E-state index in [0.29, 0.717) is 6.04 Å². The fourth-order valence-corrected chi connectivity index (χ4v) is 2.79. The highest BCUT2D eigenvalue weighted by atomic mass is 16.3. The van der Waals surface area contributed by atoms with Crippen LogP contribution in [0.25, 0.3) is 0 Å². The van der Waals surface area contributed by atoms with E-state index in [9.17, 15) is 5.11 Å². The first-order valence-corrected chi connectivity index (χ1v) is 8.28. The van der Waals surface area contributed by atoms with Gasteiger partial charge in [-0.3, -0.25) is 4.98 Å². The van der Waals surface area contributed by atoms with Gasteiger partial charge in [-0.2, -0.15) is 0 Å². The molecule has 1 aromatic heterocycles. The molecule has 0 spiro atoms. The highest BCUT2D eigenvalue weighted by molar-refractivity contribution is 5.17. The van der Waals surface area contributed by atoms with Gasteiger partial charge in [0.1, 0.15) is 18.2 Å². The molecule has 1 fully saturated rings. The highest BCUT2D eigenvalue weighted by Crippen LogP contribution is 2.28. The molecule has 2 N–H and O–H groups in total. The molecule has 2 heterocycles. The number of rotatable bonds is 2. The number of hydrogen-bond donors (Lipinski definition) is 2. The second-order valence-corrected chi connectivity index (χ2v) is 7.54. The highest BCUT2D eigenvalue weighted by Gasteiger charge is 2.33. The summed E-state index contributed by atoms with van der Waals surface area (Å²) < 4.78 is 0. The van der Waals surface area contributed by atoms with Gasteiger partial charge in [0.15, 0.2) is 0 Å². The van der Waals surface area contributed by atoms with Gasteiger partial charge in [-0.1, -0.05) is 32.8 Å². The summed E-state index contributed by atoms with van der Waals surface area (Å²) in [6, 6.07) is 4.66. The zero-order chi connectivity index (χ0) is 16.2. The lowest BCUT2D eigenvalue weighted by Gasteiger charge is -2.33. The van der Waals surface area contributed by atoms with Crippen LogP contribution in [0.5, 0.6) is 0 Å². The molecule has 1 aliphatic heterocycles. The number of aliphatic hydroxyl groups is 1. The Morgan fingerprint density at radius 2 is 2.09 bits per heavy atom. The van der Waals surface area contributed by atoms with E-state index in [1.165, 1.54) is 29.7 Å². The van der Waals surface area contributed by atoms with Gasteiger partial charge in [-0.15, -0.1) is 0 Å². The van der Waals surface area contributed by atoms with E-state index in [-0.39, 0.29) is 5.41 Å². The monoisotopic (exact) mass is 301 g/mol. The van der Waals surface area contributed by atoms with E-state index >= 15 is 0 Å². The third-order valence-corrected chi connectivity index (χ3v) is 4.93. The summed E-state index contributed by atoms with van der Waals surface area (Å²) in [4.78, 5) is 5.75. The molecule has 3 nitrogen and oxygen atoms in total. The summed E-state index contributed by atoms with van der Waals surface area (Å²) in [7, 11) is 0. The van der Waals surface area contributed by atoms with Crippen molar-refractivity contribution >= 4 is 0 Å². The predicted molar refractivity (Wildman–Crippen MR) is 89.4 cm³/mol. The fourth-order valence-electron chi connectivity index (χ4n) is 2.79. The molecule has 0 radical (unpaired) electrons. The lowest BCUT2D eigenvalue weighted by atomic mass is 9.78. The number of nitrogens with one attached hydrogen (secondary N) is 1. The summed E-state index contributed by atoms with van der Waals surface area (Å²) in [6.07, 6.45) is 7.53. The van der Waals surface area contributed by atoms with Crippen molar-refractivity contribution in [2.45, 2.75) is 58.6 Å². The normalized spacial score (nSPS) is 25.0. The zero-order valence-corrected chi connectivity index (χ0v) is 14.3. The lowest BCUT2D eigenvalue weighted by molar-refractivity contribution is -0.930. The minimum atomic E-state index is -0.952. The Kier molecular flexibility index (Phi) is 5.26. The van der Waals surface area contributed by atoms with Crippen LogP contribution >= 0.6 is 0 Å². The number of likely N-dealkylation sites (tertiary alicyclic amines) is 1. The molecule has 3 atom stereocenters. The van der Waals surface area contributed by atoms with Gasteiger partial charge in [-0.05, 0) is 31.8 Å². The Labute approximate surface area is 134 Å². The number of aromatic nitrogens is 1. The first kappa shape index (κ1) is 17.0. The molecule has 0 saturated carbocycles. The molecule has 1 aromatic rings. The molecule has 1 aliphatic rings. The van der Waals surface area contributed by atoms with Crippen LogP contribution < -0.4 is 4.90 Å². The Morgan fingerprint density at radius 3 is 2.73 bits per heavy atom. The molecule has 120 valence electrons. The third kappa shape index (κ3) is 4.09. The lowest BCUT2D eigenvalue weighted by Crippen LogP contribution is -3.13. The minimum absolute atomic E-state index is 0.236. The van der Waals surface area contributed by atoms with Crippen molar-refractivity contribution in [2.75, 3.05) is 13.1 Å². The maximum atomic E-state index is 10.5. The topological polar surface area (TPSA) is 37.6 Å². The SMILES string of the molecule is CC(C)(C)[C@@](C)(O)C#CC[NH+]1CCCC[C@H]1c1cccnc1. The van der Waals surface area contributed by atoms with Gasteiger partial charge in [0, 0.05) is 29.8 Å². The van der Waals surface area contributed by atoms with Gasteiger partial charge in [-0.25, -0.2) is 0 Å². The molecule has 1 unspecified atom stereocenters. The number of hydrogen-bond acceptors (Lipinski definition) is 2. The van der Waals surface area contributed by atoms with Crippen LogP contribution in [0.15, 0.2) is 24.5 Å². The van der Waals surface area contributed by atoms with Crippen LogP contribution in [0.1, 0.15) is 58.6 Å². The molecule has 3 heteroatoms. The van der Waals surface area contributed by atoms with Crippen molar-refractivity contribution in [3.63, 3.8) is 0 Å². The van der Waals surface area contributed by atoms with E-state index in [2.05, 4.69) is 22.9 Å². The summed E-state index contributed by atoms with van der Waals surface area (Å²) in [5, 5.41) is 10.5. The van der Waals surface area contributed by atoms with E-state index in [0.717, 1.165) is 13.1 Å². The Morgan fingerprint density at radius 1 is 1.32 bits per heavy atom. The largest absolute Gasteiger partial charge is 0.377 e. The van der Waals surface area contributed by atoms with Gasteiger partial charge < -0.3 is 10.0 Å². The predicted octanol–water partition coefficient (Wildman–Crippen LogP) is 1.99. The van der Waals surface area contributed by atoms with Crippen LogP contribution in [0.2, 0.25) is 0 Å². The smallest absolute Gasteiger partial charge is 0.139 e. The number of quaternary nitrogens is 1. The Bertz CT molecular complexity index is 534. The maximum absolute atomic E-state index is 10.5. The van der Waals surface area contributed by atoms with Crippen molar-refractivity contribution in [1.82, 2.24) is 4.98 Å². The quantitative estimate of drug-likeness (QED) is 0.820. The summed E-state index contributed by atoms with van der Waals surface area (Å²) in [5.41, 5.74) is 0.119. The van der Waals surface area contributed by atoms with Crippen molar-refractivity contribution in [1.29, 1.82) is 0 Å². The molecular weight excluding hydrogens is 272 g/mol. The van der Waals surface area contributed by atoms with Crippen LogP contribution in [-0.2, 0) is 0 Å². The van der Waals surface area contributed by atoms with E-state index < -0.39 is 5.60 Å². The summed E-state index contributed by atoms with van der Waals surface area (Å²) in [6.45, 7) is 9.80. The molecule has 2 rings (SSSR count). The molecule has 0 aliphatic carbocycles. The summed E-state index contributed by atoms with van der Waals surface area (Å²) >= 11 is 0. The Hall–Kier alpha value is -1.37. The van der Waals surface area contributed by atoms with E-state index in [1.54, 1.807) is 0 Å². The zero-order valence-electron chi connectivity index (χ0n) is 14.3.